The molecule has 7 nitrogen and oxygen atoms in total. The summed E-state index contributed by atoms with van der Waals surface area (Å²) in [4.78, 5) is 26.6. The average molecular weight is 412 g/mol. The maximum atomic E-state index is 13.7. The topological polar surface area (TPSA) is 67.2 Å². The van der Waals surface area contributed by atoms with Crippen LogP contribution in [0, 0.1) is 0 Å². The van der Waals surface area contributed by atoms with Crippen LogP contribution >= 0.6 is 11.3 Å². The van der Waals surface area contributed by atoms with E-state index in [4.69, 9.17) is 4.98 Å². The molecule has 1 atom stereocenters. The van der Waals surface area contributed by atoms with Crippen LogP contribution in [0.1, 0.15) is 28.2 Å². The molecule has 1 fully saturated rings. The first-order chi connectivity index (χ1) is 14.1. The van der Waals surface area contributed by atoms with Gasteiger partial charge in [0.05, 0.1) is 24.1 Å². The third-order valence-electron chi connectivity index (χ3n) is 5.39. The lowest BCUT2D eigenvalue weighted by Crippen LogP contribution is -2.36. The van der Waals surface area contributed by atoms with Crippen LogP contribution in [0.25, 0.3) is 10.6 Å². The normalized spacial score (nSPS) is 19.5. The number of piperidine rings is 1. The molecule has 3 aromatic rings. The Morgan fingerprint density at radius 1 is 1.24 bits per heavy atom. The lowest BCUT2D eigenvalue weighted by molar-refractivity contribution is 0.0984. The molecular weight excluding hydrogens is 391 g/mol. The maximum Gasteiger partial charge on any atom is 0.270 e. The van der Waals surface area contributed by atoms with Crippen LogP contribution in [-0.4, -0.2) is 51.5 Å². The predicted molar refractivity (Wildman–Crippen MR) is 110 cm³/mol. The summed E-state index contributed by atoms with van der Waals surface area (Å²) < 4.78 is 15.4. The van der Waals surface area contributed by atoms with Crippen LogP contribution in [0.2, 0.25) is 0 Å². The number of halogens is 1. The van der Waals surface area contributed by atoms with Crippen molar-refractivity contribution >= 4 is 28.7 Å². The molecule has 3 aromatic heterocycles. The van der Waals surface area contributed by atoms with Gasteiger partial charge in [0.1, 0.15) is 21.9 Å². The highest BCUT2D eigenvalue weighted by atomic mass is 32.1. The summed E-state index contributed by atoms with van der Waals surface area (Å²) in [6.07, 6.45) is 6.72. The molecule has 2 aliphatic heterocycles. The summed E-state index contributed by atoms with van der Waals surface area (Å²) in [7, 11) is 1.84. The number of aryl methyl sites for hydroxylation is 1. The number of aromatic nitrogens is 4. The van der Waals surface area contributed by atoms with E-state index in [1.54, 1.807) is 22.0 Å². The minimum Gasteiger partial charge on any atom is -0.354 e. The van der Waals surface area contributed by atoms with Gasteiger partial charge in [-0.25, -0.2) is 14.4 Å². The first-order valence-corrected chi connectivity index (χ1v) is 10.6. The van der Waals surface area contributed by atoms with Gasteiger partial charge >= 0.3 is 0 Å². The molecule has 1 amide bonds. The molecule has 2 aliphatic rings. The summed E-state index contributed by atoms with van der Waals surface area (Å²) in [5.74, 6) is 0.756. The molecule has 5 rings (SSSR count). The van der Waals surface area contributed by atoms with Gasteiger partial charge in [0.25, 0.3) is 5.91 Å². The molecule has 0 spiro atoms. The van der Waals surface area contributed by atoms with E-state index in [1.165, 1.54) is 11.3 Å². The zero-order chi connectivity index (χ0) is 20.0. The number of carbonyl (C=O) groups is 1. The molecule has 29 heavy (non-hydrogen) atoms. The Bertz CT molecular complexity index is 1050. The van der Waals surface area contributed by atoms with Gasteiger partial charge < -0.3 is 9.80 Å². The molecule has 1 saturated heterocycles. The average Bonchev–Trinajstić information content (AvgIpc) is 3.35. The first-order valence-electron chi connectivity index (χ1n) is 9.74. The second kappa shape index (κ2) is 7.22. The Kier molecular flexibility index (Phi) is 4.54. The number of rotatable bonds is 3. The molecule has 1 unspecified atom stereocenters. The van der Waals surface area contributed by atoms with Gasteiger partial charge in [-0.1, -0.05) is 0 Å². The number of alkyl halides is 1. The van der Waals surface area contributed by atoms with Crippen molar-refractivity contribution in [1.29, 1.82) is 0 Å². The fraction of sp³-hybridized carbons (Fsp3) is 0.400. The second-order valence-corrected chi connectivity index (χ2v) is 8.46. The van der Waals surface area contributed by atoms with Gasteiger partial charge in [0.15, 0.2) is 0 Å². The van der Waals surface area contributed by atoms with E-state index < -0.39 is 6.17 Å². The summed E-state index contributed by atoms with van der Waals surface area (Å²) in [6, 6.07) is 3.87. The van der Waals surface area contributed by atoms with Crippen molar-refractivity contribution in [3.8, 4) is 10.6 Å². The van der Waals surface area contributed by atoms with Crippen molar-refractivity contribution in [1.82, 2.24) is 19.7 Å². The van der Waals surface area contributed by atoms with Crippen LogP contribution < -0.4 is 9.80 Å². The lowest BCUT2D eigenvalue weighted by Gasteiger charge is -2.29. The molecular formula is C20H21FN6OS. The SMILES string of the molecule is Cn1cc(N2CCc3nc(-c4ccc(N5CCCC(F)C5)nc4)sc3C2=O)cn1. The molecule has 0 aromatic carbocycles. The molecule has 0 saturated carbocycles. The van der Waals surface area contributed by atoms with E-state index in [9.17, 15) is 9.18 Å². The van der Waals surface area contributed by atoms with E-state index in [-0.39, 0.29) is 5.91 Å². The largest absolute Gasteiger partial charge is 0.354 e. The van der Waals surface area contributed by atoms with Gasteiger partial charge in [-0.05, 0) is 25.0 Å². The fourth-order valence-electron chi connectivity index (χ4n) is 3.88. The Morgan fingerprint density at radius 2 is 2.14 bits per heavy atom. The van der Waals surface area contributed by atoms with Crippen molar-refractivity contribution in [2.24, 2.45) is 7.05 Å². The fourth-order valence-corrected chi connectivity index (χ4v) is 4.93. The maximum absolute atomic E-state index is 13.7. The predicted octanol–water partition coefficient (Wildman–Crippen LogP) is 3.08. The van der Waals surface area contributed by atoms with Crippen molar-refractivity contribution < 1.29 is 9.18 Å². The van der Waals surface area contributed by atoms with Gasteiger partial charge in [0, 0.05) is 44.5 Å². The van der Waals surface area contributed by atoms with Crippen LogP contribution in [0.5, 0.6) is 0 Å². The van der Waals surface area contributed by atoms with Crippen LogP contribution in [0.3, 0.4) is 0 Å². The Labute approximate surface area is 171 Å². The minimum atomic E-state index is -0.787. The Morgan fingerprint density at radius 3 is 2.86 bits per heavy atom. The zero-order valence-corrected chi connectivity index (χ0v) is 16.9. The number of carbonyl (C=O) groups excluding carboxylic acids is 1. The number of pyridine rings is 1. The highest BCUT2D eigenvalue weighted by molar-refractivity contribution is 7.17. The standard InChI is InChI=1S/C20H21FN6OS/c1-25-12-15(10-23-25)27-8-6-16-18(20(27)28)29-19(24-16)13-4-5-17(22-9-13)26-7-2-3-14(21)11-26/h4-5,9-10,12,14H,2-3,6-8,11H2,1H3. The van der Waals surface area contributed by atoms with Crippen LogP contribution in [0.15, 0.2) is 30.7 Å². The van der Waals surface area contributed by atoms with Gasteiger partial charge in [-0.2, -0.15) is 5.10 Å². The molecule has 0 N–H and O–H groups in total. The van der Waals surface area contributed by atoms with Crippen molar-refractivity contribution in [2.75, 3.05) is 29.4 Å². The van der Waals surface area contributed by atoms with E-state index in [0.717, 1.165) is 40.7 Å². The minimum absolute atomic E-state index is 0.0325. The number of fused-ring (bicyclic) bond motifs is 1. The van der Waals surface area contributed by atoms with Gasteiger partial charge in [-0.3, -0.25) is 9.48 Å². The first kappa shape index (κ1) is 18.2. The van der Waals surface area contributed by atoms with Gasteiger partial charge in [-0.15, -0.1) is 11.3 Å². The van der Waals surface area contributed by atoms with E-state index >= 15 is 0 Å². The van der Waals surface area contributed by atoms with Crippen LogP contribution in [-0.2, 0) is 13.5 Å². The Hall–Kier alpha value is -2.81. The van der Waals surface area contributed by atoms with Crippen molar-refractivity contribution in [3.05, 3.63) is 41.3 Å². The summed E-state index contributed by atoms with van der Waals surface area (Å²) in [6.45, 7) is 1.82. The number of nitrogens with zero attached hydrogens (tertiary/aromatic N) is 6. The third-order valence-corrected chi connectivity index (χ3v) is 6.53. The summed E-state index contributed by atoms with van der Waals surface area (Å²) in [5, 5.41) is 4.95. The molecule has 0 radical (unpaired) electrons. The monoisotopic (exact) mass is 412 g/mol. The quantitative estimate of drug-likeness (QED) is 0.661. The number of amides is 1. The smallest absolute Gasteiger partial charge is 0.270 e. The lowest BCUT2D eigenvalue weighted by atomic mass is 10.1. The van der Waals surface area contributed by atoms with Crippen molar-refractivity contribution in [3.63, 3.8) is 0 Å². The summed E-state index contributed by atoms with van der Waals surface area (Å²) in [5.41, 5.74) is 2.52. The second-order valence-electron chi connectivity index (χ2n) is 7.46. The summed E-state index contributed by atoms with van der Waals surface area (Å²) >= 11 is 1.40. The molecule has 5 heterocycles. The number of hydrogen-bond donors (Lipinski definition) is 0. The van der Waals surface area contributed by atoms with Crippen molar-refractivity contribution in [2.45, 2.75) is 25.4 Å². The highest BCUT2D eigenvalue weighted by Gasteiger charge is 2.30. The molecule has 0 bridgehead atoms. The molecule has 0 aliphatic carbocycles. The highest BCUT2D eigenvalue weighted by Crippen LogP contribution is 2.33. The van der Waals surface area contributed by atoms with E-state index in [2.05, 4.69) is 10.1 Å². The third kappa shape index (κ3) is 3.39. The number of anilines is 2. The zero-order valence-electron chi connectivity index (χ0n) is 16.1. The Balaban J connectivity index is 1.38. The molecule has 9 heteroatoms. The molecule has 150 valence electrons. The number of hydrogen-bond acceptors (Lipinski definition) is 6. The van der Waals surface area contributed by atoms with Crippen LogP contribution in [0.4, 0.5) is 15.9 Å². The van der Waals surface area contributed by atoms with Gasteiger partial charge in [0.2, 0.25) is 0 Å². The van der Waals surface area contributed by atoms with E-state index in [0.29, 0.717) is 30.8 Å². The number of thiazole rings is 1. The van der Waals surface area contributed by atoms with E-state index in [1.807, 2.05) is 30.3 Å².